The zero-order valence-electron chi connectivity index (χ0n) is 27.9. The van der Waals surface area contributed by atoms with E-state index in [1.165, 1.54) is 0 Å². The Labute approximate surface area is 278 Å². The van der Waals surface area contributed by atoms with Crippen molar-refractivity contribution in [2.24, 2.45) is 11.8 Å². The van der Waals surface area contributed by atoms with Crippen LogP contribution >= 0.6 is 0 Å². The maximum Gasteiger partial charge on any atom is 0.249 e. The molecule has 4 aromatic rings. The van der Waals surface area contributed by atoms with Crippen LogP contribution in [0.2, 0.25) is 0 Å². The van der Waals surface area contributed by atoms with Crippen molar-refractivity contribution < 1.29 is 33.0 Å². The molecule has 3 aliphatic heterocycles. The number of oxazole rings is 2. The molecule has 4 N–H and O–H groups in total. The summed E-state index contributed by atoms with van der Waals surface area (Å²) in [5.74, 6) is 0.0916. The third-order valence-electron chi connectivity index (χ3n) is 9.66. The van der Waals surface area contributed by atoms with Crippen molar-refractivity contribution in [3.63, 3.8) is 0 Å². The van der Waals surface area contributed by atoms with E-state index in [4.69, 9.17) is 28.3 Å². The Kier molecular flexibility index (Phi) is 8.03. The summed E-state index contributed by atoms with van der Waals surface area (Å²) in [5.41, 5.74) is 3.41. The smallest absolute Gasteiger partial charge is 0.249 e. The summed E-state index contributed by atoms with van der Waals surface area (Å²) in [6, 6.07) is 12.1. The number of benzene rings is 2. The number of hydrogen-bond donors (Lipinski definition) is 4. The van der Waals surface area contributed by atoms with Crippen molar-refractivity contribution in [1.82, 2.24) is 20.6 Å². The first kappa shape index (κ1) is 31.9. The number of amides is 2. The van der Waals surface area contributed by atoms with E-state index in [0.717, 1.165) is 22.4 Å². The maximum atomic E-state index is 14.0. The highest BCUT2D eigenvalue weighted by Crippen LogP contribution is 2.59. The number of carbonyl (C=O) groups is 2. The van der Waals surface area contributed by atoms with E-state index in [9.17, 15) is 14.7 Å². The first-order chi connectivity index (χ1) is 23.1. The molecule has 2 aromatic carbocycles. The van der Waals surface area contributed by atoms with Crippen molar-refractivity contribution in [3.8, 4) is 17.3 Å². The molecule has 12 nitrogen and oxygen atoms in total. The largest absolute Gasteiger partial charge is 0.469 e. The second-order valence-electron chi connectivity index (χ2n) is 13.5. The Morgan fingerprint density at radius 3 is 2.65 bits per heavy atom. The number of hydrogen-bond acceptors (Lipinski definition) is 10. The van der Waals surface area contributed by atoms with Crippen LogP contribution < -0.4 is 20.7 Å². The topological polar surface area (TPSA) is 161 Å². The van der Waals surface area contributed by atoms with Crippen LogP contribution in [0.15, 0.2) is 57.6 Å². The van der Waals surface area contributed by atoms with Crippen molar-refractivity contribution in [2.45, 2.75) is 83.4 Å². The molecule has 2 amide bonds. The number of nitrogens with zero attached hydrogens (tertiary/aromatic N) is 2. The van der Waals surface area contributed by atoms with Crippen LogP contribution in [0.1, 0.15) is 87.2 Å². The molecule has 3 aliphatic rings. The summed E-state index contributed by atoms with van der Waals surface area (Å²) in [6.07, 6.45) is 0.310. The van der Waals surface area contributed by atoms with E-state index in [0.29, 0.717) is 29.3 Å². The summed E-state index contributed by atoms with van der Waals surface area (Å²) >= 11 is 0. The maximum absolute atomic E-state index is 14.0. The highest BCUT2D eigenvalue weighted by molar-refractivity contribution is 5.90. The molecular formula is C36H41N5O7. The minimum Gasteiger partial charge on any atom is -0.469 e. The number of rotatable bonds is 8. The molecule has 0 aliphatic carbocycles. The van der Waals surface area contributed by atoms with Crippen LogP contribution in [0.25, 0.3) is 11.6 Å². The standard InChI is InChI=1S/C36H41N5O7/c1-7-25(45-6)24-16-46-33(38-24)28-30-36-20-10-8-9-11-22(20)39-35(36)47-26-13-12-19(14-21(26)36)15-23(37-32(44)29(42)18(4)5)31(43)40-27(17(2)3)34(41-28)48-30/h8-14,16-18,23,25,27,29,35,39,42H,7,15H2,1-6H3,(H,37,44)(H,40,43)/t23-,25?,27-,29-,35?,36?/m0/s1. The lowest BCUT2D eigenvalue weighted by molar-refractivity contribution is -0.135. The molecule has 5 heterocycles. The number of aromatic nitrogens is 2. The lowest BCUT2D eigenvalue weighted by atomic mass is 9.72. The molecular weight excluding hydrogens is 614 g/mol. The molecule has 48 heavy (non-hydrogen) atoms. The number of carbonyl (C=O) groups excluding carboxylic acids is 2. The quantitative estimate of drug-likeness (QED) is 0.208. The molecule has 12 heteroatoms. The Hall–Kier alpha value is -4.68. The van der Waals surface area contributed by atoms with Gasteiger partial charge in [0.25, 0.3) is 0 Å². The third-order valence-corrected chi connectivity index (χ3v) is 9.66. The van der Waals surface area contributed by atoms with Crippen molar-refractivity contribution in [3.05, 3.63) is 82.8 Å². The number of anilines is 1. The van der Waals surface area contributed by atoms with Gasteiger partial charge in [-0.05, 0) is 41.5 Å². The monoisotopic (exact) mass is 655 g/mol. The molecule has 252 valence electrons. The fourth-order valence-corrected chi connectivity index (χ4v) is 7.05. The third kappa shape index (κ3) is 4.96. The predicted octanol–water partition coefficient (Wildman–Crippen LogP) is 4.78. The molecule has 7 rings (SSSR count). The van der Waals surface area contributed by atoms with Gasteiger partial charge in [-0.3, -0.25) is 9.59 Å². The molecule has 3 unspecified atom stereocenters. The average Bonchev–Trinajstić information content (AvgIpc) is 3.84. The Balaban J connectivity index is 1.47. The van der Waals surface area contributed by atoms with Gasteiger partial charge >= 0.3 is 0 Å². The van der Waals surface area contributed by atoms with Crippen molar-refractivity contribution >= 4 is 17.5 Å². The first-order valence-electron chi connectivity index (χ1n) is 16.5. The number of nitrogens with one attached hydrogen (secondary N) is 3. The zero-order valence-corrected chi connectivity index (χ0v) is 27.9. The SMILES string of the molecule is CCC(OC)c1coc(-c2nc3oc2C24c5ccccc5NC2Oc2ccc(cc24)C[C@H](NC(=O)[C@@H](O)C(C)C)C(=O)N[C@H]3C(C)C)n1. The summed E-state index contributed by atoms with van der Waals surface area (Å²) in [4.78, 5) is 37.0. The summed E-state index contributed by atoms with van der Waals surface area (Å²) in [7, 11) is 1.63. The van der Waals surface area contributed by atoms with Gasteiger partial charge < -0.3 is 39.4 Å². The van der Waals surface area contributed by atoms with E-state index in [1.54, 1.807) is 27.2 Å². The van der Waals surface area contributed by atoms with Gasteiger partial charge in [0.15, 0.2) is 17.7 Å². The molecule has 1 spiro atoms. The van der Waals surface area contributed by atoms with E-state index in [2.05, 4.69) is 16.0 Å². The Bertz CT molecular complexity index is 1860. The second-order valence-corrected chi connectivity index (χ2v) is 13.5. The number of aliphatic hydroxyl groups is 1. The predicted molar refractivity (Wildman–Crippen MR) is 175 cm³/mol. The molecule has 0 radical (unpaired) electrons. The highest BCUT2D eigenvalue weighted by Gasteiger charge is 2.61. The Morgan fingerprint density at radius 1 is 1.12 bits per heavy atom. The van der Waals surface area contributed by atoms with Gasteiger partial charge in [0.2, 0.25) is 23.6 Å². The summed E-state index contributed by atoms with van der Waals surface area (Å²) < 4.78 is 25.2. The van der Waals surface area contributed by atoms with Crippen LogP contribution in [0.3, 0.4) is 0 Å². The van der Waals surface area contributed by atoms with Crippen molar-refractivity contribution in [1.29, 1.82) is 0 Å². The molecule has 0 fully saturated rings. The second kappa shape index (κ2) is 12.1. The van der Waals surface area contributed by atoms with Crippen LogP contribution in [0, 0.1) is 11.8 Å². The molecule has 0 saturated carbocycles. The van der Waals surface area contributed by atoms with Gasteiger partial charge in [0.1, 0.15) is 47.4 Å². The van der Waals surface area contributed by atoms with Gasteiger partial charge in [0.05, 0.1) is 0 Å². The lowest BCUT2D eigenvalue weighted by Gasteiger charge is -2.29. The van der Waals surface area contributed by atoms with Gasteiger partial charge in [-0.15, -0.1) is 0 Å². The number of methoxy groups -OCH3 is 1. The number of para-hydroxylation sites is 1. The lowest BCUT2D eigenvalue weighted by Crippen LogP contribution is -2.52. The number of aliphatic hydroxyl groups excluding tert-OH is 1. The molecule has 4 bridgehead atoms. The average molecular weight is 656 g/mol. The first-order valence-corrected chi connectivity index (χ1v) is 16.5. The van der Waals surface area contributed by atoms with Crippen LogP contribution in [0.4, 0.5) is 5.69 Å². The van der Waals surface area contributed by atoms with E-state index in [1.807, 2.05) is 63.2 Å². The molecule has 6 atom stereocenters. The van der Waals surface area contributed by atoms with Crippen LogP contribution in [-0.2, 0) is 26.2 Å². The van der Waals surface area contributed by atoms with E-state index in [-0.39, 0.29) is 36.1 Å². The van der Waals surface area contributed by atoms with E-state index < -0.39 is 41.6 Å². The number of fused-ring (bicyclic) bond motifs is 4. The number of ether oxygens (including phenoxy) is 2. The van der Waals surface area contributed by atoms with E-state index >= 15 is 0 Å². The Morgan fingerprint density at radius 2 is 1.92 bits per heavy atom. The van der Waals surface area contributed by atoms with Gasteiger partial charge in [-0.1, -0.05) is 65.0 Å². The fraction of sp³-hybridized carbons (Fsp3) is 0.444. The van der Waals surface area contributed by atoms with Crippen LogP contribution in [-0.4, -0.2) is 52.4 Å². The molecule has 2 aromatic heterocycles. The van der Waals surface area contributed by atoms with Crippen molar-refractivity contribution in [2.75, 3.05) is 12.4 Å². The molecule has 0 saturated heterocycles. The summed E-state index contributed by atoms with van der Waals surface area (Å²) in [6.45, 7) is 9.41. The van der Waals surface area contributed by atoms with Gasteiger partial charge in [-0.2, -0.15) is 0 Å². The van der Waals surface area contributed by atoms with Gasteiger partial charge in [-0.25, -0.2) is 9.97 Å². The van der Waals surface area contributed by atoms with Crippen LogP contribution in [0.5, 0.6) is 5.75 Å². The normalized spacial score (nSPS) is 23.7. The minimum absolute atomic E-state index is 0.164. The fourth-order valence-electron chi connectivity index (χ4n) is 7.05. The zero-order chi connectivity index (χ0) is 33.9. The summed E-state index contributed by atoms with van der Waals surface area (Å²) in [5, 5.41) is 20.0. The van der Waals surface area contributed by atoms with Gasteiger partial charge in [0, 0.05) is 24.8 Å². The highest BCUT2D eigenvalue weighted by atomic mass is 16.5. The minimum atomic E-state index is -1.27.